The highest BCUT2D eigenvalue weighted by molar-refractivity contribution is 6.00. The summed E-state index contributed by atoms with van der Waals surface area (Å²) in [6.07, 6.45) is 8.54. The maximum atomic E-state index is 13.0. The number of nitrogens with zero attached hydrogens (tertiary/aromatic N) is 3. The van der Waals surface area contributed by atoms with Crippen molar-refractivity contribution in [1.82, 2.24) is 14.3 Å². The third-order valence-electron chi connectivity index (χ3n) is 5.58. The number of aromatic nitrogens is 2. The lowest BCUT2D eigenvalue weighted by Gasteiger charge is -2.34. The molecule has 2 aromatic rings. The van der Waals surface area contributed by atoms with Crippen molar-refractivity contribution in [3.05, 3.63) is 35.8 Å². The molecule has 0 radical (unpaired) electrons. The molecule has 0 aromatic carbocycles. The van der Waals surface area contributed by atoms with Crippen LogP contribution in [0.2, 0.25) is 0 Å². The van der Waals surface area contributed by atoms with Crippen LogP contribution in [0.3, 0.4) is 0 Å². The van der Waals surface area contributed by atoms with Crippen LogP contribution < -0.4 is 5.73 Å². The molecular weight excluding hydrogens is 332 g/mol. The topological polar surface area (TPSA) is 89.9 Å². The van der Waals surface area contributed by atoms with Gasteiger partial charge in [-0.1, -0.05) is 0 Å². The Hall–Kier alpha value is -2.41. The van der Waals surface area contributed by atoms with Gasteiger partial charge in [0.05, 0.1) is 11.7 Å². The molecule has 2 aromatic heterocycles. The average molecular weight is 356 g/mol. The van der Waals surface area contributed by atoms with Gasteiger partial charge in [0.1, 0.15) is 11.8 Å². The fourth-order valence-corrected chi connectivity index (χ4v) is 4.20. The van der Waals surface area contributed by atoms with Gasteiger partial charge >= 0.3 is 0 Å². The molecule has 0 spiro atoms. The van der Waals surface area contributed by atoms with Crippen LogP contribution in [-0.2, 0) is 9.53 Å². The monoisotopic (exact) mass is 356 g/mol. The number of hydrogen-bond donors (Lipinski definition) is 1. The van der Waals surface area contributed by atoms with E-state index in [1.165, 1.54) is 0 Å². The summed E-state index contributed by atoms with van der Waals surface area (Å²) < 4.78 is 7.71. The number of amides is 2. The van der Waals surface area contributed by atoms with Gasteiger partial charge in [-0.15, -0.1) is 0 Å². The first-order chi connectivity index (χ1) is 12.5. The minimum atomic E-state index is -0.444. The number of aryl methyl sites for hydroxylation is 1. The second-order valence-corrected chi connectivity index (χ2v) is 7.36. The zero-order chi connectivity index (χ0) is 18.3. The molecule has 0 unspecified atom stereocenters. The molecule has 0 saturated carbocycles. The highest BCUT2D eigenvalue weighted by atomic mass is 16.5. The van der Waals surface area contributed by atoms with Crippen LogP contribution >= 0.6 is 0 Å². The van der Waals surface area contributed by atoms with Gasteiger partial charge in [-0.25, -0.2) is 4.98 Å². The minimum Gasteiger partial charge on any atom is -0.367 e. The Morgan fingerprint density at radius 2 is 2.00 bits per heavy atom. The van der Waals surface area contributed by atoms with Crippen molar-refractivity contribution < 1.29 is 14.3 Å². The van der Waals surface area contributed by atoms with E-state index < -0.39 is 6.10 Å². The molecule has 7 nitrogen and oxygen atoms in total. The van der Waals surface area contributed by atoms with E-state index in [2.05, 4.69) is 4.98 Å². The molecule has 2 amide bonds. The number of fused-ring (bicyclic) bond motifs is 1. The number of ether oxygens (including phenoxy) is 1. The number of carbonyl (C=O) groups excluding carboxylic acids is 2. The lowest BCUT2D eigenvalue weighted by Crippen LogP contribution is -2.41. The van der Waals surface area contributed by atoms with Gasteiger partial charge < -0.3 is 19.8 Å². The van der Waals surface area contributed by atoms with Crippen molar-refractivity contribution in [2.24, 2.45) is 11.7 Å². The quantitative estimate of drug-likeness (QED) is 0.903. The van der Waals surface area contributed by atoms with Crippen LogP contribution in [0.4, 0.5) is 0 Å². The maximum Gasteiger partial charge on any atom is 0.257 e. The summed E-state index contributed by atoms with van der Waals surface area (Å²) in [5, 5.41) is 0. The third kappa shape index (κ3) is 3.07. The number of imidazole rings is 1. The van der Waals surface area contributed by atoms with Crippen LogP contribution in [-0.4, -0.2) is 51.4 Å². The second-order valence-electron chi connectivity index (χ2n) is 7.36. The van der Waals surface area contributed by atoms with E-state index in [1.54, 1.807) is 6.20 Å². The molecule has 2 fully saturated rings. The molecule has 0 aliphatic carbocycles. The van der Waals surface area contributed by atoms with Gasteiger partial charge in [0, 0.05) is 31.7 Å². The molecule has 4 rings (SSSR count). The Balaban J connectivity index is 1.42. The van der Waals surface area contributed by atoms with Crippen LogP contribution in [0.25, 0.3) is 5.65 Å². The van der Waals surface area contributed by atoms with E-state index in [1.807, 2.05) is 34.7 Å². The molecule has 2 saturated heterocycles. The Morgan fingerprint density at radius 1 is 1.23 bits per heavy atom. The van der Waals surface area contributed by atoms with Gasteiger partial charge in [0.2, 0.25) is 5.91 Å². The number of nitrogens with two attached hydrogens (primary N) is 1. The van der Waals surface area contributed by atoms with E-state index in [-0.39, 0.29) is 17.9 Å². The van der Waals surface area contributed by atoms with Crippen LogP contribution in [0.5, 0.6) is 0 Å². The van der Waals surface area contributed by atoms with Gasteiger partial charge in [-0.3, -0.25) is 9.59 Å². The fourth-order valence-electron chi connectivity index (χ4n) is 4.20. The SMILES string of the molecule is Cc1cc(C(=O)N2CCC([C@@H]3CC[C@H](C(N)=O)O3)CC2)c2nccn2c1. The Labute approximate surface area is 152 Å². The van der Waals surface area contributed by atoms with E-state index in [0.29, 0.717) is 36.6 Å². The zero-order valence-corrected chi connectivity index (χ0v) is 14.9. The lowest BCUT2D eigenvalue weighted by molar-refractivity contribution is -0.130. The number of pyridine rings is 1. The second kappa shape index (κ2) is 6.72. The highest BCUT2D eigenvalue weighted by Crippen LogP contribution is 2.32. The van der Waals surface area contributed by atoms with Crippen LogP contribution in [0, 0.1) is 12.8 Å². The number of hydrogen-bond acceptors (Lipinski definition) is 4. The molecule has 7 heteroatoms. The number of piperidine rings is 1. The zero-order valence-electron chi connectivity index (χ0n) is 14.9. The molecular formula is C19H24N4O3. The van der Waals surface area contributed by atoms with Gasteiger partial charge in [0.25, 0.3) is 5.91 Å². The molecule has 26 heavy (non-hydrogen) atoms. The predicted molar refractivity (Wildman–Crippen MR) is 95.6 cm³/mol. The molecule has 2 aliphatic rings. The van der Waals surface area contributed by atoms with E-state index in [0.717, 1.165) is 24.8 Å². The molecule has 2 aliphatic heterocycles. The number of likely N-dealkylation sites (tertiary alicyclic amines) is 1. The summed E-state index contributed by atoms with van der Waals surface area (Å²) in [5.41, 5.74) is 7.72. The average Bonchev–Trinajstić information content (AvgIpc) is 3.30. The largest absolute Gasteiger partial charge is 0.367 e. The summed E-state index contributed by atoms with van der Waals surface area (Å²) in [7, 11) is 0. The summed E-state index contributed by atoms with van der Waals surface area (Å²) in [6.45, 7) is 3.38. The Bertz CT molecular complexity index is 838. The van der Waals surface area contributed by atoms with Gasteiger partial charge in [-0.05, 0) is 50.2 Å². The molecule has 0 bridgehead atoms. The van der Waals surface area contributed by atoms with Crippen molar-refractivity contribution in [3.8, 4) is 0 Å². The highest BCUT2D eigenvalue weighted by Gasteiger charge is 2.36. The van der Waals surface area contributed by atoms with Crippen molar-refractivity contribution in [3.63, 3.8) is 0 Å². The van der Waals surface area contributed by atoms with Crippen molar-refractivity contribution in [2.75, 3.05) is 13.1 Å². The number of primary amides is 1. The van der Waals surface area contributed by atoms with E-state index in [4.69, 9.17) is 10.5 Å². The minimum absolute atomic E-state index is 0.0331. The maximum absolute atomic E-state index is 13.0. The summed E-state index contributed by atoms with van der Waals surface area (Å²) >= 11 is 0. The van der Waals surface area contributed by atoms with E-state index in [9.17, 15) is 9.59 Å². The van der Waals surface area contributed by atoms with E-state index >= 15 is 0 Å². The third-order valence-corrected chi connectivity index (χ3v) is 5.58. The first-order valence-electron chi connectivity index (χ1n) is 9.20. The smallest absolute Gasteiger partial charge is 0.257 e. The number of rotatable bonds is 3. The molecule has 4 heterocycles. The summed E-state index contributed by atoms with van der Waals surface area (Å²) in [5.74, 6) is 0.0429. The first kappa shape index (κ1) is 17.0. The Morgan fingerprint density at radius 3 is 2.69 bits per heavy atom. The Kier molecular flexibility index (Phi) is 4.40. The molecule has 138 valence electrons. The summed E-state index contributed by atoms with van der Waals surface area (Å²) in [6, 6.07) is 1.91. The van der Waals surface area contributed by atoms with Crippen molar-refractivity contribution in [2.45, 2.75) is 44.8 Å². The fraction of sp³-hybridized carbons (Fsp3) is 0.526. The molecule has 2 N–H and O–H groups in total. The van der Waals surface area contributed by atoms with Crippen molar-refractivity contribution in [1.29, 1.82) is 0 Å². The first-order valence-corrected chi connectivity index (χ1v) is 9.20. The van der Waals surface area contributed by atoms with Gasteiger partial charge in [0.15, 0.2) is 0 Å². The predicted octanol–water partition coefficient (Wildman–Crippen LogP) is 1.53. The van der Waals surface area contributed by atoms with Crippen molar-refractivity contribution >= 4 is 17.5 Å². The number of carbonyl (C=O) groups is 2. The standard InChI is InChI=1S/C19H24N4O3/c1-12-10-14(18-21-6-9-23(18)11-12)19(25)22-7-4-13(5-8-22)15-2-3-16(26-15)17(20)24/h6,9-11,13,15-16H,2-5,7-8H2,1H3,(H2,20,24)/t15-,16+/m0/s1. The summed E-state index contributed by atoms with van der Waals surface area (Å²) in [4.78, 5) is 30.5. The lowest BCUT2D eigenvalue weighted by atomic mass is 9.89. The van der Waals surface area contributed by atoms with Crippen LogP contribution in [0.15, 0.2) is 24.7 Å². The van der Waals surface area contributed by atoms with Crippen LogP contribution in [0.1, 0.15) is 41.6 Å². The van der Waals surface area contributed by atoms with Gasteiger partial charge in [-0.2, -0.15) is 0 Å². The molecule has 2 atom stereocenters. The normalized spacial score (nSPS) is 24.3.